The van der Waals surface area contributed by atoms with Crippen LogP contribution in [0.5, 0.6) is 5.75 Å². The number of halogens is 2. The third-order valence-corrected chi connectivity index (χ3v) is 5.27. The van der Waals surface area contributed by atoms with Crippen LogP contribution in [0.25, 0.3) is 0 Å². The van der Waals surface area contributed by atoms with Crippen molar-refractivity contribution in [3.63, 3.8) is 0 Å². The van der Waals surface area contributed by atoms with Gasteiger partial charge in [0.2, 0.25) is 12.2 Å². The van der Waals surface area contributed by atoms with Gasteiger partial charge in [0.1, 0.15) is 5.75 Å². The van der Waals surface area contributed by atoms with E-state index < -0.39 is 36.0 Å². The van der Waals surface area contributed by atoms with E-state index in [1.165, 1.54) is 61.7 Å². The van der Waals surface area contributed by atoms with Gasteiger partial charge in [-0.2, -0.15) is 0 Å². The van der Waals surface area contributed by atoms with E-state index in [0.29, 0.717) is 10.0 Å². The summed E-state index contributed by atoms with van der Waals surface area (Å²) in [6.45, 7) is 0. The number of carboxylic acid groups (broad SMARTS) is 1. The van der Waals surface area contributed by atoms with Crippen LogP contribution in [-0.4, -0.2) is 48.2 Å². The lowest BCUT2D eigenvalue weighted by molar-refractivity contribution is -0.157. The number of benzene rings is 3. The van der Waals surface area contributed by atoms with Crippen molar-refractivity contribution in [2.45, 2.75) is 12.2 Å². The average molecular weight is 532 g/mol. The van der Waals surface area contributed by atoms with Crippen molar-refractivity contribution in [2.75, 3.05) is 12.4 Å². The molecule has 11 heteroatoms. The Hall–Kier alpha value is -4.08. The number of aliphatic carboxylic acids is 1. The number of anilines is 1. The lowest BCUT2D eigenvalue weighted by Crippen LogP contribution is -2.48. The number of methoxy groups -OCH3 is 1. The highest BCUT2D eigenvalue weighted by atomic mass is 35.5. The van der Waals surface area contributed by atoms with Gasteiger partial charge in [-0.3, -0.25) is 4.79 Å². The molecule has 3 aromatic rings. The lowest BCUT2D eigenvalue weighted by Gasteiger charge is -2.24. The van der Waals surface area contributed by atoms with Crippen molar-refractivity contribution in [1.82, 2.24) is 0 Å². The summed E-state index contributed by atoms with van der Waals surface area (Å²) in [5.74, 6) is -4.64. The highest BCUT2D eigenvalue weighted by Crippen LogP contribution is 2.24. The summed E-state index contributed by atoms with van der Waals surface area (Å²) in [4.78, 5) is 50.6. The molecule has 0 aliphatic heterocycles. The second-order valence-electron chi connectivity index (χ2n) is 7.19. The number of esters is 2. The molecular weight excluding hydrogens is 513 g/mol. The van der Waals surface area contributed by atoms with Gasteiger partial charge in [0.05, 0.1) is 23.9 Å². The van der Waals surface area contributed by atoms with Gasteiger partial charge < -0.3 is 24.6 Å². The van der Waals surface area contributed by atoms with Crippen molar-refractivity contribution in [1.29, 1.82) is 0 Å². The summed E-state index contributed by atoms with van der Waals surface area (Å²) >= 11 is 11.7. The van der Waals surface area contributed by atoms with Gasteiger partial charge in [0.15, 0.2) is 0 Å². The molecule has 0 heterocycles. The van der Waals surface area contributed by atoms with Gasteiger partial charge in [-0.1, -0.05) is 35.3 Å². The third kappa shape index (κ3) is 6.74. The summed E-state index contributed by atoms with van der Waals surface area (Å²) < 4.78 is 15.5. The van der Waals surface area contributed by atoms with Crippen LogP contribution >= 0.6 is 23.2 Å². The first kappa shape index (κ1) is 26.5. The van der Waals surface area contributed by atoms with Crippen LogP contribution < -0.4 is 10.1 Å². The summed E-state index contributed by atoms with van der Waals surface area (Å²) in [7, 11) is 1.37. The molecule has 0 bridgehead atoms. The zero-order chi connectivity index (χ0) is 26.2. The van der Waals surface area contributed by atoms with E-state index in [0.717, 1.165) is 0 Å². The fourth-order valence-corrected chi connectivity index (χ4v) is 3.24. The normalized spacial score (nSPS) is 12.1. The molecule has 0 unspecified atom stereocenters. The Kier molecular flexibility index (Phi) is 8.88. The molecular formula is C25H19Cl2NO8. The van der Waals surface area contributed by atoms with Crippen LogP contribution in [0.1, 0.15) is 20.7 Å². The molecule has 0 aliphatic carbocycles. The zero-order valence-electron chi connectivity index (χ0n) is 18.6. The summed E-state index contributed by atoms with van der Waals surface area (Å²) in [6, 6.07) is 17.2. The van der Waals surface area contributed by atoms with Crippen LogP contribution in [0.2, 0.25) is 10.0 Å². The number of amides is 1. The maximum Gasteiger partial charge on any atom is 0.349 e. The van der Waals surface area contributed by atoms with E-state index >= 15 is 0 Å². The maximum atomic E-state index is 13.2. The van der Waals surface area contributed by atoms with Gasteiger partial charge in [0, 0.05) is 10.0 Å². The molecule has 0 saturated heterocycles. The van der Waals surface area contributed by atoms with E-state index in [9.17, 15) is 24.3 Å². The largest absolute Gasteiger partial charge is 0.495 e. The second kappa shape index (κ2) is 12.1. The molecule has 36 heavy (non-hydrogen) atoms. The Balaban J connectivity index is 1.93. The minimum absolute atomic E-state index is 0.0114. The Labute approximate surface area is 215 Å². The Morgan fingerprint density at radius 3 is 1.69 bits per heavy atom. The van der Waals surface area contributed by atoms with Gasteiger partial charge in [0.25, 0.3) is 5.91 Å². The molecule has 1 amide bonds. The predicted molar refractivity (Wildman–Crippen MR) is 131 cm³/mol. The number of carbonyl (C=O) groups excluding carboxylic acids is 3. The highest BCUT2D eigenvalue weighted by Gasteiger charge is 2.41. The minimum Gasteiger partial charge on any atom is -0.495 e. The molecule has 0 spiro atoms. The fraction of sp³-hybridized carbons (Fsp3) is 0.120. The SMILES string of the molecule is COc1ccccc1NC(=O)[C@H](OC(=O)c1ccc(Cl)cc1)[C@H](OC(=O)c1ccc(Cl)cc1)C(=O)O. The summed E-state index contributed by atoms with van der Waals surface area (Å²) in [5.41, 5.74) is 0.131. The van der Waals surface area contributed by atoms with Gasteiger partial charge in [-0.15, -0.1) is 0 Å². The Morgan fingerprint density at radius 2 is 1.22 bits per heavy atom. The Bertz CT molecular complexity index is 1260. The molecule has 0 fully saturated rings. The van der Waals surface area contributed by atoms with Crippen molar-refractivity contribution in [3.05, 3.63) is 94.0 Å². The average Bonchev–Trinajstić information content (AvgIpc) is 2.86. The van der Waals surface area contributed by atoms with Gasteiger partial charge in [-0.25, -0.2) is 14.4 Å². The standard InChI is InChI=1S/C25H19Cl2NO8/c1-34-19-5-3-2-4-18(19)28-22(29)20(35-24(32)14-6-10-16(26)11-7-14)21(23(30)31)36-25(33)15-8-12-17(27)13-9-15/h2-13,20-21H,1H3,(H,28,29)(H,30,31)/t20-,21+/m1/s1. The lowest BCUT2D eigenvalue weighted by atomic mass is 10.1. The number of ether oxygens (including phenoxy) is 3. The van der Waals surface area contributed by atoms with Crippen molar-refractivity contribution in [2.24, 2.45) is 0 Å². The molecule has 186 valence electrons. The number of hydrogen-bond donors (Lipinski definition) is 2. The fourth-order valence-electron chi connectivity index (χ4n) is 2.98. The summed E-state index contributed by atoms with van der Waals surface area (Å²) in [5, 5.41) is 12.9. The number of nitrogens with one attached hydrogen (secondary N) is 1. The first-order valence-corrected chi connectivity index (χ1v) is 11.0. The monoisotopic (exact) mass is 531 g/mol. The number of carboxylic acids is 1. The molecule has 2 atom stereocenters. The maximum absolute atomic E-state index is 13.2. The van der Waals surface area contributed by atoms with E-state index in [-0.39, 0.29) is 22.6 Å². The van der Waals surface area contributed by atoms with Crippen LogP contribution in [0.15, 0.2) is 72.8 Å². The van der Waals surface area contributed by atoms with Crippen LogP contribution in [-0.2, 0) is 19.1 Å². The van der Waals surface area contributed by atoms with E-state index in [1.807, 2.05) is 0 Å². The molecule has 2 N–H and O–H groups in total. The van der Waals surface area contributed by atoms with Crippen molar-refractivity contribution >= 4 is 52.7 Å². The Morgan fingerprint density at radius 1 is 0.750 bits per heavy atom. The minimum atomic E-state index is -2.20. The third-order valence-electron chi connectivity index (χ3n) is 4.77. The number of rotatable bonds is 9. The number of para-hydroxylation sites is 2. The number of carbonyl (C=O) groups is 4. The van der Waals surface area contributed by atoms with E-state index in [4.69, 9.17) is 37.4 Å². The smallest absolute Gasteiger partial charge is 0.349 e. The highest BCUT2D eigenvalue weighted by molar-refractivity contribution is 6.31. The van der Waals surface area contributed by atoms with E-state index in [2.05, 4.69) is 5.32 Å². The molecule has 9 nitrogen and oxygen atoms in total. The summed E-state index contributed by atoms with van der Waals surface area (Å²) in [6.07, 6.45) is -4.27. The van der Waals surface area contributed by atoms with Crippen molar-refractivity contribution in [3.8, 4) is 5.75 Å². The van der Waals surface area contributed by atoms with Gasteiger partial charge >= 0.3 is 17.9 Å². The first-order chi connectivity index (χ1) is 17.2. The molecule has 3 aromatic carbocycles. The molecule has 0 aliphatic rings. The first-order valence-electron chi connectivity index (χ1n) is 10.3. The quantitative estimate of drug-likeness (QED) is 0.387. The van der Waals surface area contributed by atoms with E-state index in [1.54, 1.807) is 18.2 Å². The number of hydrogen-bond acceptors (Lipinski definition) is 7. The van der Waals surface area contributed by atoms with Crippen molar-refractivity contribution < 1.29 is 38.5 Å². The van der Waals surface area contributed by atoms with Gasteiger partial charge in [-0.05, 0) is 60.7 Å². The second-order valence-corrected chi connectivity index (χ2v) is 8.07. The van der Waals surface area contributed by atoms with Crippen LogP contribution in [0.4, 0.5) is 5.69 Å². The molecule has 3 rings (SSSR count). The van der Waals surface area contributed by atoms with Crippen LogP contribution in [0, 0.1) is 0 Å². The molecule has 0 saturated carbocycles. The van der Waals surface area contributed by atoms with Crippen LogP contribution in [0.3, 0.4) is 0 Å². The zero-order valence-corrected chi connectivity index (χ0v) is 20.2. The molecule has 0 radical (unpaired) electrons. The predicted octanol–water partition coefficient (Wildman–Crippen LogP) is 4.48. The molecule has 0 aromatic heterocycles. The topological polar surface area (TPSA) is 128 Å².